The van der Waals surface area contributed by atoms with E-state index in [0.717, 1.165) is 0 Å². The van der Waals surface area contributed by atoms with Crippen LogP contribution >= 0.6 is 0 Å². The smallest absolute Gasteiger partial charge is 0.339 e. The highest BCUT2D eigenvalue weighted by atomic mass is 16.4. The van der Waals surface area contributed by atoms with E-state index < -0.39 is 12.1 Å². The first-order chi connectivity index (χ1) is 8.70. The van der Waals surface area contributed by atoms with Gasteiger partial charge in [-0.15, -0.1) is 0 Å². The monoisotopic (exact) mass is 269 g/mol. The first kappa shape index (κ1) is 15.7. The largest absolute Gasteiger partial charge is 0.478 e. The zero-order valence-electron chi connectivity index (χ0n) is 12.0. The minimum atomic E-state index is -0.986. The number of rotatable bonds is 6. The van der Waals surface area contributed by atoms with Gasteiger partial charge in [0.05, 0.1) is 18.0 Å². The Hall–Kier alpha value is -1.40. The molecule has 0 aliphatic heterocycles. The maximum absolute atomic E-state index is 11.0. The maximum atomic E-state index is 11.0. The number of aromatic nitrogens is 2. The van der Waals surface area contributed by atoms with Crippen LogP contribution in [-0.4, -0.2) is 38.6 Å². The fraction of sp³-hybridized carbons (Fsp3) is 0.692. The molecule has 0 saturated heterocycles. The molecule has 0 bridgehead atoms. The highest BCUT2D eigenvalue weighted by Crippen LogP contribution is 2.20. The van der Waals surface area contributed by atoms with Gasteiger partial charge in [0, 0.05) is 20.1 Å². The van der Waals surface area contributed by atoms with E-state index in [1.807, 2.05) is 0 Å². The number of carbonyl (C=O) groups is 1. The number of aromatic carboxylic acids is 1. The van der Waals surface area contributed by atoms with E-state index in [0.29, 0.717) is 25.2 Å². The van der Waals surface area contributed by atoms with Gasteiger partial charge in [0.2, 0.25) is 0 Å². The second kappa shape index (κ2) is 6.16. The van der Waals surface area contributed by atoms with Crippen LogP contribution in [0.25, 0.3) is 0 Å². The number of aryl methyl sites for hydroxylation is 1. The van der Waals surface area contributed by atoms with Crippen LogP contribution in [0, 0.1) is 5.41 Å². The predicted octanol–water partition coefficient (Wildman–Crippen LogP) is 1.00. The summed E-state index contributed by atoms with van der Waals surface area (Å²) in [5, 5.41) is 25.9. The molecule has 3 N–H and O–H groups in total. The molecular weight excluding hydrogens is 246 g/mol. The molecular formula is C13H23N3O3. The second-order valence-corrected chi connectivity index (χ2v) is 5.98. The third kappa shape index (κ3) is 5.00. The number of aliphatic hydroxyl groups excluding tert-OH is 1. The van der Waals surface area contributed by atoms with Crippen molar-refractivity contribution in [1.82, 2.24) is 15.1 Å². The minimum Gasteiger partial charge on any atom is -0.478 e. The van der Waals surface area contributed by atoms with Crippen LogP contribution in [0.1, 0.15) is 43.2 Å². The van der Waals surface area contributed by atoms with Crippen molar-refractivity contribution in [3.05, 3.63) is 17.5 Å². The lowest BCUT2D eigenvalue weighted by Crippen LogP contribution is -2.30. The summed E-state index contributed by atoms with van der Waals surface area (Å²) in [6, 6.07) is 0. The number of hydrogen-bond donors (Lipinski definition) is 3. The zero-order chi connectivity index (χ0) is 14.6. The Morgan fingerprint density at radius 3 is 2.68 bits per heavy atom. The Balaban J connectivity index is 2.50. The van der Waals surface area contributed by atoms with E-state index in [2.05, 4.69) is 31.2 Å². The lowest BCUT2D eigenvalue weighted by Gasteiger charge is -2.22. The molecule has 6 nitrogen and oxygen atoms in total. The van der Waals surface area contributed by atoms with Crippen molar-refractivity contribution >= 4 is 5.97 Å². The van der Waals surface area contributed by atoms with Crippen molar-refractivity contribution in [2.75, 3.05) is 6.54 Å². The zero-order valence-corrected chi connectivity index (χ0v) is 12.0. The third-order valence-corrected chi connectivity index (χ3v) is 2.81. The summed E-state index contributed by atoms with van der Waals surface area (Å²) in [5.74, 6) is -0.986. The molecule has 0 saturated carbocycles. The normalized spacial score (nSPS) is 13.5. The lowest BCUT2D eigenvalue weighted by atomic mass is 9.89. The molecule has 0 radical (unpaired) electrons. The van der Waals surface area contributed by atoms with E-state index in [1.54, 1.807) is 7.05 Å². The topological polar surface area (TPSA) is 87.4 Å². The van der Waals surface area contributed by atoms with E-state index >= 15 is 0 Å². The Kier molecular flexibility index (Phi) is 5.08. The summed E-state index contributed by atoms with van der Waals surface area (Å²) in [6.07, 6.45) is 1.59. The molecule has 0 fully saturated rings. The van der Waals surface area contributed by atoms with Crippen LogP contribution in [0.5, 0.6) is 0 Å². The second-order valence-electron chi connectivity index (χ2n) is 5.98. The van der Waals surface area contributed by atoms with Crippen molar-refractivity contribution in [3.8, 4) is 0 Å². The standard InChI is InChI=1S/C13H23N3O3/c1-13(2,3)5-9(17)6-14-8-11-10(12(18)19)7-15-16(11)4/h7,9,14,17H,5-6,8H2,1-4H3,(H,18,19). The van der Waals surface area contributed by atoms with Crippen molar-refractivity contribution in [3.63, 3.8) is 0 Å². The van der Waals surface area contributed by atoms with Gasteiger partial charge in [0.1, 0.15) is 5.56 Å². The Morgan fingerprint density at radius 2 is 2.16 bits per heavy atom. The number of carboxylic acids is 1. The summed E-state index contributed by atoms with van der Waals surface area (Å²) in [7, 11) is 1.70. The van der Waals surface area contributed by atoms with Crippen LogP contribution in [0.15, 0.2) is 6.20 Å². The van der Waals surface area contributed by atoms with Gasteiger partial charge >= 0.3 is 5.97 Å². The molecule has 1 heterocycles. The van der Waals surface area contributed by atoms with Crippen molar-refractivity contribution < 1.29 is 15.0 Å². The summed E-state index contributed by atoms with van der Waals surface area (Å²) in [6.45, 7) is 7.01. The van der Waals surface area contributed by atoms with Crippen LogP contribution in [0.4, 0.5) is 0 Å². The Bertz CT molecular complexity index is 435. The van der Waals surface area contributed by atoms with Gasteiger partial charge in [0.25, 0.3) is 0 Å². The fourth-order valence-electron chi connectivity index (χ4n) is 1.99. The number of nitrogens with zero attached hydrogens (tertiary/aromatic N) is 2. The van der Waals surface area contributed by atoms with Gasteiger partial charge in [-0.25, -0.2) is 4.79 Å². The van der Waals surface area contributed by atoms with Crippen LogP contribution in [-0.2, 0) is 13.6 Å². The summed E-state index contributed by atoms with van der Waals surface area (Å²) in [5.41, 5.74) is 0.871. The van der Waals surface area contributed by atoms with Crippen LogP contribution in [0.3, 0.4) is 0 Å². The molecule has 0 aliphatic carbocycles. The first-order valence-electron chi connectivity index (χ1n) is 6.33. The number of aliphatic hydroxyl groups is 1. The molecule has 0 aromatic carbocycles. The molecule has 0 amide bonds. The number of nitrogens with one attached hydrogen (secondary N) is 1. The SMILES string of the molecule is Cn1ncc(C(=O)O)c1CNCC(O)CC(C)(C)C. The molecule has 1 aromatic heterocycles. The van der Waals surface area contributed by atoms with Crippen molar-refractivity contribution in [1.29, 1.82) is 0 Å². The summed E-state index contributed by atoms with van der Waals surface area (Å²) in [4.78, 5) is 11.0. The first-order valence-corrected chi connectivity index (χ1v) is 6.33. The summed E-state index contributed by atoms with van der Waals surface area (Å²) < 4.78 is 1.53. The van der Waals surface area contributed by atoms with Gasteiger partial charge < -0.3 is 15.5 Å². The van der Waals surface area contributed by atoms with Gasteiger partial charge in [-0.3, -0.25) is 4.68 Å². The van der Waals surface area contributed by atoms with Crippen LogP contribution in [0.2, 0.25) is 0 Å². The highest BCUT2D eigenvalue weighted by molar-refractivity contribution is 5.88. The third-order valence-electron chi connectivity index (χ3n) is 2.81. The van der Waals surface area contributed by atoms with Crippen molar-refractivity contribution in [2.24, 2.45) is 12.5 Å². The van der Waals surface area contributed by atoms with Gasteiger partial charge in [-0.2, -0.15) is 5.10 Å². The van der Waals surface area contributed by atoms with Crippen LogP contribution < -0.4 is 5.32 Å². The van der Waals surface area contributed by atoms with Crippen molar-refractivity contribution in [2.45, 2.75) is 39.8 Å². The Morgan fingerprint density at radius 1 is 1.53 bits per heavy atom. The highest BCUT2D eigenvalue weighted by Gasteiger charge is 2.18. The van der Waals surface area contributed by atoms with Gasteiger partial charge in [0.15, 0.2) is 0 Å². The number of hydrogen-bond acceptors (Lipinski definition) is 4. The van der Waals surface area contributed by atoms with E-state index in [9.17, 15) is 9.90 Å². The fourth-order valence-corrected chi connectivity index (χ4v) is 1.99. The Labute approximate surface area is 113 Å². The lowest BCUT2D eigenvalue weighted by molar-refractivity contribution is 0.0695. The molecule has 0 aliphatic rings. The average Bonchev–Trinajstić information content (AvgIpc) is 2.58. The quantitative estimate of drug-likeness (QED) is 0.717. The molecule has 6 heteroatoms. The average molecular weight is 269 g/mol. The number of carboxylic acid groups (broad SMARTS) is 1. The molecule has 1 unspecified atom stereocenters. The molecule has 1 atom stereocenters. The molecule has 19 heavy (non-hydrogen) atoms. The van der Waals surface area contributed by atoms with Gasteiger partial charge in [-0.1, -0.05) is 20.8 Å². The summed E-state index contributed by atoms with van der Waals surface area (Å²) >= 11 is 0. The van der Waals surface area contributed by atoms with E-state index in [-0.39, 0.29) is 11.0 Å². The van der Waals surface area contributed by atoms with E-state index in [1.165, 1.54) is 10.9 Å². The molecule has 0 spiro atoms. The molecule has 1 aromatic rings. The predicted molar refractivity (Wildman–Crippen MR) is 72.0 cm³/mol. The minimum absolute atomic E-state index is 0.0693. The maximum Gasteiger partial charge on any atom is 0.339 e. The van der Waals surface area contributed by atoms with Gasteiger partial charge in [-0.05, 0) is 11.8 Å². The molecule has 108 valence electrons. The van der Waals surface area contributed by atoms with E-state index in [4.69, 9.17) is 5.11 Å². The molecule has 1 rings (SSSR count).